The van der Waals surface area contributed by atoms with E-state index >= 15 is 0 Å². The Morgan fingerprint density at radius 1 is 1.33 bits per heavy atom. The maximum Gasteiger partial charge on any atom is 0.342 e. The molecule has 8 heteroatoms. The second-order valence-electron chi connectivity index (χ2n) is 5.77. The Bertz CT molecular complexity index is 1010. The van der Waals surface area contributed by atoms with Crippen LogP contribution in [0.4, 0.5) is 11.4 Å². The first-order chi connectivity index (χ1) is 13.1. The number of pyridine rings is 1. The molecule has 0 bridgehead atoms. The zero-order valence-corrected chi connectivity index (χ0v) is 16.2. The van der Waals surface area contributed by atoms with Crippen LogP contribution < -0.4 is 10.9 Å². The first-order valence-corrected chi connectivity index (χ1v) is 9.53. The SMILES string of the molecule is CCOC(=O)c1c(-c2ccsc2)nn(CC)c(=O)c1Nc1cnccc1C. The van der Waals surface area contributed by atoms with Crippen LogP contribution in [-0.4, -0.2) is 27.3 Å². The van der Waals surface area contributed by atoms with E-state index in [9.17, 15) is 9.59 Å². The standard InChI is InChI=1S/C19H20N4O3S/c1-4-23-18(24)17(21-14-10-20-8-6-12(14)3)15(19(25)26-5-2)16(22-23)13-7-9-27-11-13/h6-11,21H,4-5H2,1-3H3. The van der Waals surface area contributed by atoms with Crippen LogP contribution >= 0.6 is 11.3 Å². The molecule has 3 rings (SSSR count). The molecular weight excluding hydrogens is 364 g/mol. The number of nitrogens with one attached hydrogen (secondary N) is 1. The lowest BCUT2D eigenvalue weighted by atomic mass is 10.1. The second-order valence-corrected chi connectivity index (χ2v) is 6.55. The highest BCUT2D eigenvalue weighted by atomic mass is 32.1. The van der Waals surface area contributed by atoms with Crippen molar-refractivity contribution in [1.29, 1.82) is 0 Å². The fourth-order valence-corrected chi connectivity index (χ4v) is 3.27. The molecule has 1 N–H and O–H groups in total. The summed E-state index contributed by atoms with van der Waals surface area (Å²) >= 11 is 1.49. The van der Waals surface area contributed by atoms with E-state index in [1.807, 2.05) is 36.7 Å². The molecule has 7 nitrogen and oxygen atoms in total. The number of aryl methyl sites for hydroxylation is 2. The number of carbonyl (C=O) groups excluding carboxylic acids is 1. The predicted molar refractivity (Wildman–Crippen MR) is 106 cm³/mol. The summed E-state index contributed by atoms with van der Waals surface area (Å²) in [6, 6.07) is 3.69. The topological polar surface area (TPSA) is 86.1 Å². The number of thiophene rings is 1. The summed E-state index contributed by atoms with van der Waals surface area (Å²) in [5.74, 6) is -0.587. The van der Waals surface area contributed by atoms with Gasteiger partial charge in [0.2, 0.25) is 0 Å². The number of hydrogen-bond acceptors (Lipinski definition) is 7. The molecule has 0 aliphatic rings. The van der Waals surface area contributed by atoms with Gasteiger partial charge in [-0.1, -0.05) is 0 Å². The molecular formula is C19H20N4O3S. The molecule has 0 saturated heterocycles. The van der Waals surface area contributed by atoms with E-state index in [1.54, 1.807) is 19.3 Å². The van der Waals surface area contributed by atoms with E-state index < -0.39 is 5.97 Å². The zero-order valence-electron chi connectivity index (χ0n) is 15.4. The lowest BCUT2D eigenvalue weighted by Gasteiger charge is -2.16. The summed E-state index contributed by atoms with van der Waals surface area (Å²) in [5, 5.41) is 11.3. The third-order valence-corrected chi connectivity index (χ3v) is 4.71. The van der Waals surface area contributed by atoms with Crippen molar-refractivity contribution in [1.82, 2.24) is 14.8 Å². The minimum absolute atomic E-state index is 0.133. The number of ether oxygens (including phenoxy) is 1. The van der Waals surface area contributed by atoms with Gasteiger partial charge in [0.1, 0.15) is 16.9 Å². The third-order valence-electron chi connectivity index (χ3n) is 4.03. The Morgan fingerprint density at radius 2 is 2.15 bits per heavy atom. The van der Waals surface area contributed by atoms with Crippen molar-refractivity contribution >= 4 is 28.7 Å². The number of hydrogen-bond donors (Lipinski definition) is 1. The fraction of sp³-hybridized carbons (Fsp3) is 0.263. The Labute approximate surface area is 160 Å². The van der Waals surface area contributed by atoms with Gasteiger partial charge in [0.15, 0.2) is 0 Å². The summed E-state index contributed by atoms with van der Waals surface area (Å²) < 4.78 is 6.56. The average molecular weight is 384 g/mol. The summed E-state index contributed by atoms with van der Waals surface area (Å²) in [5.41, 5.74) is 2.61. The summed E-state index contributed by atoms with van der Waals surface area (Å²) in [7, 11) is 0. The van der Waals surface area contributed by atoms with Gasteiger partial charge in [-0.25, -0.2) is 9.48 Å². The molecule has 3 aromatic rings. The van der Waals surface area contributed by atoms with Gasteiger partial charge in [0, 0.05) is 23.7 Å². The van der Waals surface area contributed by atoms with E-state index in [2.05, 4.69) is 15.4 Å². The normalized spacial score (nSPS) is 10.6. The highest BCUT2D eigenvalue weighted by Crippen LogP contribution is 2.29. The Balaban J connectivity index is 2.28. The molecule has 0 unspecified atom stereocenters. The van der Waals surface area contributed by atoms with E-state index in [1.165, 1.54) is 16.0 Å². The number of esters is 1. The summed E-state index contributed by atoms with van der Waals surface area (Å²) in [6.45, 7) is 6.02. The number of rotatable bonds is 6. The van der Waals surface area contributed by atoms with Gasteiger partial charge in [-0.15, -0.1) is 0 Å². The van der Waals surface area contributed by atoms with E-state index in [4.69, 9.17) is 4.74 Å². The highest BCUT2D eigenvalue weighted by molar-refractivity contribution is 7.08. The van der Waals surface area contributed by atoms with Crippen molar-refractivity contribution in [3.63, 3.8) is 0 Å². The van der Waals surface area contributed by atoms with Crippen LogP contribution in [0, 0.1) is 6.92 Å². The lowest BCUT2D eigenvalue weighted by Crippen LogP contribution is -2.29. The molecule has 140 valence electrons. The van der Waals surface area contributed by atoms with Crippen molar-refractivity contribution in [3.05, 3.63) is 56.8 Å². The van der Waals surface area contributed by atoms with Gasteiger partial charge in [-0.05, 0) is 43.8 Å². The quantitative estimate of drug-likeness (QED) is 0.653. The van der Waals surface area contributed by atoms with Crippen molar-refractivity contribution in [3.8, 4) is 11.3 Å². The fourth-order valence-electron chi connectivity index (χ4n) is 2.63. The van der Waals surface area contributed by atoms with Crippen LogP contribution in [0.3, 0.4) is 0 Å². The van der Waals surface area contributed by atoms with Crippen molar-refractivity contribution < 1.29 is 9.53 Å². The minimum atomic E-state index is -0.587. The van der Waals surface area contributed by atoms with Crippen LogP contribution in [-0.2, 0) is 11.3 Å². The maximum absolute atomic E-state index is 13.0. The van der Waals surface area contributed by atoms with Gasteiger partial charge < -0.3 is 10.1 Å². The first kappa shape index (κ1) is 18.8. The molecule has 0 atom stereocenters. The van der Waals surface area contributed by atoms with Crippen LogP contribution in [0.2, 0.25) is 0 Å². The van der Waals surface area contributed by atoms with Gasteiger partial charge >= 0.3 is 5.97 Å². The molecule has 3 aromatic heterocycles. The smallest absolute Gasteiger partial charge is 0.342 e. The molecule has 0 spiro atoms. The lowest BCUT2D eigenvalue weighted by molar-refractivity contribution is 0.0527. The number of nitrogens with zero attached hydrogens (tertiary/aromatic N) is 3. The molecule has 0 aliphatic carbocycles. The van der Waals surface area contributed by atoms with E-state index in [0.29, 0.717) is 17.9 Å². The van der Waals surface area contributed by atoms with Crippen LogP contribution in [0.25, 0.3) is 11.3 Å². The van der Waals surface area contributed by atoms with Crippen LogP contribution in [0.1, 0.15) is 29.8 Å². The molecule has 0 radical (unpaired) electrons. The van der Waals surface area contributed by atoms with Crippen molar-refractivity contribution in [2.45, 2.75) is 27.3 Å². The first-order valence-electron chi connectivity index (χ1n) is 8.59. The predicted octanol–water partition coefficient (Wildman–Crippen LogP) is 3.62. The Hall–Kier alpha value is -3.00. The maximum atomic E-state index is 13.0. The van der Waals surface area contributed by atoms with Crippen LogP contribution in [0.15, 0.2) is 40.1 Å². The Morgan fingerprint density at radius 3 is 2.78 bits per heavy atom. The van der Waals surface area contributed by atoms with Gasteiger partial charge in [0.05, 0.1) is 18.5 Å². The molecule has 3 heterocycles. The highest BCUT2D eigenvalue weighted by Gasteiger charge is 2.25. The van der Waals surface area contributed by atoms with Crippen LogP contribution in [0.5, 0.6) is 0 Å². The average Bonchev–Trinajstić information content (AvgIpc) is 3.19. The Kier molecular flexibility index (Phi) is 5.66. The molecule has 0 fully saturated rings. The van der Waals surface area contributed by atoms with Gasteiger partial charge in [-0.3, -0.25) is 9.78 Å². The monoisotopic (exact) mass is 384 g/mol. The summed E-state index contributed by atoms with van der Waals surface area (Å²) in [6.07, 6.45) is 3.28. The zero-order chi connectivity index (χ0) is 19.4. The number of anilines is 2. The molecule has 0 aromatic carbocycles. The largest absolute Gasteiger partial charge is 0.462 e. The number of aromatic nitrogens is 3. The number of carbonyl (C=O) groups is 1. The minimum Gasteiger partial charge on any atom is -0.462 e. The molecule has 0 aliphatic heterocycles. The van der Waals surface area contributed by atoms with E-state index in [-0.39, 0.29) is 23.4 Å². The van der Waals surface area contributed by atoms with Crippen molar-refractivity contribution in [2.75, 3.05) is 11.9 Å². The van der Waals surface area contributed by atoms with Gasteiger partial charge in [0.25, 0.3) is 5.56 Å². The molecule has 0 amide bonds. The molecule has 27 heavy (non-hydrogen) atoms. The van der Waals surface area contributed by atoms with E-state index in [0.717, 1.165) is 11.1 Å². The summed E-state index contributed by atoms with van der Waals surface area (Å²) in [4.78, 5) is 29.8. The van der Waals surface area contributed by atoms with Crippen molar-refractivity contribution in [2.24, 2.45) is 0 Å². The third kappa shape index (κ3) is 3.75. The molecule has 0 saturated carbocycles. The van der Waals surface area contributed by atoms with Gasteiger partial charge in [-0.2, -0.15) is 16.4 Å². The second kappa shape index (κ2) is 8.13.